The lowest BCUT2D eigenvalue weighted by Gasteiger charge is -2.13. The fourth-order valence-corrected chi connectivity index (χ4v) is 0.591. The van der Waals surface area contributed by atoms with Crippen molar-refractivity contribution < 1.29 is 0 Å². The highest BCUT2D eigenvalue weighted by molar-refractivity contribution is 7.80. The predicted molar refractivity (Wildman–Crippen MR) is 36.0 cm³/mol. The second-order valence-corrected chi connectivity index (χ2v) is 1.89. The van der Waals surface area contributed by atoms with E-state index < -0.39 is 0 Å². The predicted octanol–water partition coefficient (Wildman–Crippen LogP) is -0.736. The first kappa shape index (κ1) is 5.37. The Morgan fingerprint density at radius 3 is 2.88 bits per heavy atom. The third-order valence-electron chi connectivity index (χ3n) is 0.871. The first-order valence-electron chi connectivity index (χ1n) is 2.28. The summed E-state index contributed by atoms with van der Waals surface area (Å²) in [4.78, 5) is 0.628. The van der Waals surface area contributed by atoms with E-state index in [-0.39, 0.29) is 0 Å². The summed E-state index contributed by atoms with van der Waals surface area (Å²) in [6.45, 7) is 0.680. The van der Waals surface area contributed by atoms with Crippen LogP contribution in [0.2, 0.25) is 0 Å². The molecule has 3 nitrogen and oxygen atoms in total. The van der Waals surface area contributed by atoms with E-state index >= 15 is 0 Å². The van der Waals surface area contributed by atoms with E-state index in [9.17, 15) is 0 Å². The first-order chi connectivity index (χ1) is 3.80. The summed E-state index contributed by atoms with van der Waals surface area (Å²) in [6, 6.07) is 0. The molecule has 0 aromatic heterocycles. The molecule has 0 saturated heterocycles. The lowest BCUT2D eigenvalue weighted by Crippen LogP contribution is -2.38. The molecule has 0 aromatic rings. The van der Waals surface area contributed by atoms with Gasteiger partial charge in [-0.05, 0) is 0 Å². The van der Waals surface area contributed by atoms with Gasteiger partial charge in [-0.1, -0.05) is 12.2 Å². The second kappa shape index (κ2) is 2.00. The van der Waals surface area contributed by atoms with Crippen LogP contribution in [0.3, 0.4) is 0 Å². The van der Waals surface area contributed by atoms with Gasteiger partial charge in [-0.25, -0.2) is 0 Å². The van der Waals surface area contributed by atoms with Gasteiger partial charge in [0.05, 0.1) is 12.4 Å². The van der Waals surface area contributed by atoms with Crippen LogP contribution in [0.5, 0.6) is 0 Å². The molecule has 4 N–H and O–H groups in total. The molecular formula is C4H7N3S. The number of nitrogens with one attached hydrogen (secondary N) is 2. The van der Waals surface area contributed by atoms with E-state index in [1.807, 2.05) is 0 Å². The fraction of sp³-hybridized carbons (Fsp3) is 0.250. The zero-order valence-corrected chi connectivity index (χ0v) is 5.09. The monoisotopic (exact) mass is 129 g/mol. The Morgan fingerprint density at radius 1 is 1.75 bits per heavy atom. The van der Waals surface area contributed by atoms with Crippen LogP contribution in [0, 0.1) is 0 Å². The third kappa shape index (κ3) is 0.894. The van der Waals surface area contributed by atoms with Crippen molar-refractivity contribution in [3.63, 3.8) is 0 Å². The third-order valence-corrected chi connectivity index (χ3v) is 1.25. The van der Waals surface area contributed by atoms with E-state index in [0.717, 1.165) is 0 Å². The molecule has 0 bridgehead atoms. The molecule has 0 aromatic carbocycles. The van der Waals surface area contributed by atoms with Gasteiger partial charge in [-0.15, -0.1) is 0 Å². The number of rotatable bonds is 0. The van der Waals surface area contributed by atoms with Crippen LogP contribution in [-0.2, 0) is 0 Å². The molecule has 4 heteroatoms. The van der Waals surface area contributed by atoms with Crippen LogP contribution < -0.4 is 16.4 Å². The normalized spacial score (nSPS) is 18.5. The van der Waals surface area contributed by atoms with Crippen molar-refractivity contribution in [1.29, 1.82) is 0 Å². The van der Waals surface area contributed by atoms with E-state index in [0.29, 0.717) is 17.4 Å². The Balaban J connectivity index is 2.67. The minimum Gasteiger partial charge on any atom is -0.395 e. The summed E-state index contributed by atoms with van der Waals surface area (Å²) in [5, 5.41) is 5.74. The van der Waals surface area contributed by atoms with Gasteiger partial charge >= 0.3 is 0 Å². The molecule has 0 radical (unpaired) electrons. The maximum absolute atomic E-state index is 5.37. The summed E-state index contributed by atoms with van der Waals surface area (Å²) in [7, 11) is 0. The summed E-state index contributed by atoms with van der Waals surface area (Å²) in [6.07, 6.45) is 1.69. The average Bonchev–Trinajstić information content (AvgIpc) is 1.77. The van der Waals surface area contributed by atoms with E-state index in [1.54, 1.807) is 6.20 Å². The van der Waals surface area contributed by atoms with Crippen LogP contribution in [0.15, 0.2) is 11.9 Å². The minimum absolute atomic E-state index is 0.603. The van der Waals surface area contributed by atoms with Gasteiger partial charge in [0, 0.05) is 6.20 Å². The van der Waals surface area contributed by atoms with Gasteiger partial charge in [0.15, 0.2) is 0 Å². The van der Waals surface area contributed by atoms with Crippen LogP contribution in [0.1, 0.15) is 0 Å². The molecular weight excluding hydrogens is 122 g/mol. The molecule has 0 atom stereocenters. The Bertz CT molecular complexity index is 140. The molecule has 1 aliphatic rings. The van der Waals surface area contributed by atoms with Crippen molar-refractivity contribution in [2.45, 2.75) is 0 Å². The molecule has 0 unspecified atom stereocenters. The lowest BCUT2D eigenvalue weighted by atomic mass is 10.4. The van der Waals surface area contributed by atoms with Crippen LogP contribution in [0.4, 0.5) is 0 Å². The molecule has 8 heavy (non-hydrogen) atoms. The Morgan fingerprint density at radius 2 is 2.50 bits per heavy atom. The maximum atomic E-state index is 5.37. The van der Waals surface area contributed by atoms with E-state index in [4.69, 9.17) is 18.0 Å². The van der Waals surface area contributed by atoms with Crippen molar-refractivity contribution >= 4 is 17.2 Å². The average molecular weight is 129 g/mol. The number of nitrogens with two attached hydrogens (primary N) is 1. The molecule has 44 valence electrons. The summed E-state index contributed by atoms with van der Waals surface area (Å²) < 4.78 is 0. The van der Waals surface area contributed by atoms with E-state index in [2.05, 4.69) is 10.6 Å². The summed E-state index contributed by atoms with van der Waals surface area (Å²) in [5.74, 6) is 0. The largest absolute Gasteiger partial charge is 0.395 e. The Labute approximate surface area is 52.9 Å². The van der Waals surface area contributed by atoms with Gasteiger partial charge in [0.1, 0.15) is 4.99 Å². The highest BCUT2D eigenvalue weighted by Gasteiger charge is 2.01. The molecule has 1 heterocycles. The van der Waals surface area contributed by atoms with Crippen molar-refractivity contribution in [3.05, 3.63) is 11.9 Å². The SMILES string of the molecule is NC1=CNCNC1=S. The maximum Gasteiger partial charge on any atom is 0.125 e. The summed E-state index contributed by atoms with van der Waals surface area (Å²) >= 11 is 4.78. The van der Waals surface area contributed by atoms with Gasteiger partial charge in [-0.3, -0.25) is 0 Å². The lowest BCUT2D eigenvalue weighted by molar-refractivity contribution is 0.778. The molecule has 0 spiro atoms. The topological polar surface area (TPSA) is 50.1 Å². The molecule has 1 aliphatic heterocycles. The van der Waals surface area contributed by atoms with Gasteiger partial charge in [0.2, 0.25) is 0 Å². The zero-order chi connectivity index (χ0) is 5.98. The van der Waals surface area contributed by atoms with Crippen molar-refractivity contribution in [2.75, 3.05) is 6.67 Å². The molecule has 0 fully saturated rings. The highest BCUT2D eigenvalue weighted by Crippen LogP contribution is 1.87. The highest BCUT2D eigenvalue weighted by atomic mass is 32.1. The number of thiocarbonyl (C=S) groups is 1. The molecule has 0 aliphatic carbocycles. The summed E-state index contributed by atoms with van der Waals surface area (Å²) in [5.41, 5.74) is 5.98. The van der Waals surface area contributed by atoms with Crippen molar-refractivity contribution in [1.82, 2.24) is 10.6 Å². The zero-order valence-electron chi connectivity index (χ0n) is 4.27. The van der Waals surface area contributed by atoms with Crippen molar-refractivity contribution in [2.24, 2.45) is 5.73 Å². The fourth-order valence-electron chi connectivity index (χ4n) is 0.460. The quantitative estimate of drug-likeness (QED) is 0.377. The molecule has 0 amide bonds. The van der Waals surface area contributed by atoms with Crippen LogP contribution >= 0.6 is 12.2 Å². The number of hydrogen-bond donors (Lipinski definition) is 3. The van der Waals surface area contributed by atoms with Gasteiger partial charge in [0.25, 0.3) is 0 Å². The van der Waals surface area contributed by atoms with Gasteiger partial charge in [-0.2, -0.15) is 0 Å². The molecule has 0 saturated carbocycles. The number of hydrogen-bond acceptors (Lipinski definition) is 3. The van der Waals surface area contributed by atoms with Crippen LogP contribution in [0.25, 0.3) is 0 Å². The van der Waals surface area contributed by atoms with Crippen LogP contribution in [-0.4, -0.2) is 11.7 Å². The second-order valence-electron chi connectivity index (χ2n) is 1.49. The van der Waals surface area contributed by atoms with Gasteiger partial charge < -0.3 is 16.4 Å². The smallest absolute Gasteiger partial charge is 0.125 e. The Hall–Kier alpha value is -0.770. The molecule has 1 rings (SSSR count). The Kier molecular flexibility index (Phi) is 1.34. The standard InChI is InChI=1S/C4H7N3S/c5-3-1-6-2-7-4(3)8/h1,6H,2,5H2,(H,7,8). The first-order valence-corrected chi connectivity index (χ1v) is 2.69. The van der Waals surface area contributed by atoms with Crippen molar-refractivity contribution in [3.8, 4) is 0 Å². The minimum atomic E-state index is 0.603. The van der Waals surface area contributed by atoms with E-state index in [1.165, 1.54) is 0 Å².